The minimum atomic E-state index is 0.0533. The highest BCUT2D eigenvalue weighted by Crippen LogP contribution is 1.98. The van der Waals surface area contributed by atoms with Gasteiger partial charge in [-0.3, -0.25) is 4.79 Å². The average Bonchev–Trinajstić information content (AvgIpc) is 2.24. The fourth-order valence-corrected chi connectivity index (χ4v) is 1.53. The Morgan fingerprint density at radius 3 is 2.88 bits per heavy atom. The quantitative estimate of drug-likeness (QED) is 0.711. The monoisotopic (exact) mass is 223 g/mol. The summed E-state index contributed by atoms with van der Waals surface area (Å²) in [7, 11) is 3.83. The molecule has 0 fully saturated rings. The molecule has 16 heavy (non-hydrogen) atoms. The van der Waals surface area contributed by atoms with Gasteiger partial charge in [0.15, 0.2) is 0 Å². The highest BCUT2D eigenvalue weighted by Gasteiger charge is 2.01. The molecule has 0 saturated carbocycles. The van der Waals surface area contributed by atoms with Crippen molar-refractivity contribution in [1.29, 1.82) is 0 Å². The first-order valence-electron chi connectivity index (χ1n) is 5.68. The van der Waals surface area contributed by atoms with Crippen molar-refractivity contribution in [2.75, 3.05) is 26.7 Å². The van der Waals surface area contributed by atoms with E-state index < -0.39 is 0 Å². The number of hydrogen-bond acceptors (Lipinski definition) is 3. The van der Waals surface area contributed by atoms with E-state index in [4.69, 9.17) is 0 Å². The van der Waals surface area contributed by atoms with Gasteiger partial charge in [0.2, 0.25) is 0 Å². The lowest BCUT2D eigenvalue weighted by Gasteiger charge is -2.16. The Balaban J connectivity index is 2.46. The number of nitrogens with zero attached hydrogens (tertiary/aromatic N) is 2. The number of pyridine rings is 1. The maximum Gasteiger partial charge on any atom is 0.250 e. The Bertz CT molecular complexity index is 373. The lowest BCUT2D eigenvalue weighted by atomic mass is 10.2. The molecule has 1 rings (SSSR count). The molecule has 4 nitrogen and oxygen atoms in total. The zero-order valence-corrected chi connectivity index (χ0v) is 10.4. The standard InChI is InChI=1S/C12H21N3O/c1-4-13-6-8-14(2)10-11-5-7-15(3)12(16)9-11/h5,7,9,13H,4,6,8,10H2,1-3H3. The lowest BCUT2D eigenvalue weighted by Crippen LogP contribution is -2.29. The number of nitrogens with one attached hydrogen (secondary N) is 1. The van der Waals surface area contributed by atoms with Crippen molar-refractivity contribution in [3.05, 3.63) is 34.2 Å². The highest BCUT2D eigenvalue weighted by molar-refractivity contribution is 5.10. The van der Waals surface area contributed by atoms with E-state index in [9.17, 15) is 4.79 Å². The van der Waals surface area contributed by atoms with Crippen LogP contribution in [0.3, 0.4) is 0 Å². The van der Waals surface area contributed by atoms with Crippen LogP contribution in [0.15, 0.2) is 23.1 Å². The third-order valence-corrected chi connectivity index (χ3v) is 2.54. The van der Waals surface area contributed by atoms with Gasteiger partial charge in [0.05, 0.1) is 0 Å². The van der Waals surface area contributed by atoms with E-state index >= 15 is 0 Å². The Morgan fingerprint density at radius 2 is 2.25 bits per heavy atom. The molecule has 4 heteroatoms. The molecule has 0 aliphatic rings. The summed E-state index contributed by atoms with van der Waals surface area (Å²) >= 11 is 0. The number of hydrogen-bond donors (Lipinski definition) is 1. The van der Waals surface area contributed by atoms with Crippen LogP contribution in [0.4, 0.5) is 0 Å². The van der Waals surface area contributed by atoms with E-state index in [2.05, 4.69) is 24.2 Å². The second-order valence-corrected chi connectivity index (χ2v) is 4.08. The Labute approximate surface area is 96.9 Å². The molecule has 90 valence electrons. The van der Waals surface area contributed by atoms with E-state index in [1.54, 1.807) is 17.7 Å². The summed E-state index contributed by atoms with van der Waals surface area (Å²) in [5, 5.41) is 3.28. The van der Waals surface area contributed by atoms with Crippen molar-refractivity contribution < 1.29 is 0 Å². The summed E-state index contributed by atoms with van der Waals surface area (Å²) in [6.07, 6.45) is 1.82. The number of aryl methyl sites for hydroxylation is 1. The van der Waals surface area contributed by atoms with Crippen molar-refractivity contribution in [3.8, 4) is 0 Å². The molecule has 0 saturated heterocycles. The largest absolute Gasteiger partial charge is 0.319 e. The molecule has 0 radical (unpaired) electrons. The van der Waals surface area contributed by atoms with Crippen LogP contribution in [0.25, 0.3) is 0 Å². The predicted octanol–water partition coefficient (Wildman–Crippen LogP) is 0.427. The Kier molecular flexibility index (Phi) is 5.22. The van der Waals surface area contributed by atoms with Gasteiger partial charge in [0, 0.05) is 38.9 Å². The molecule has 1 heterocycles. The summed E-state index contributed by atoms with van der Waals surface area (Å²) < 4.78 is 1.59. The molecule has 0 aliphatic carbocycles. The maximum atomic E-state index is 11.4. The van der Waals surface area contributed by atoms with Crippen LogP contribution in [-0.2, 0) is 13.6 Å². The molecule has 0 atom stereocenters. The van der Waals surface area contributed by atoms with Crippen molar-refractivity contribution in [1.82, 2.24) is 14.8 Å². The first-order valence-corrected chi connectivity index (χ1v) is 5.68. The van der Waals surface area contributed by atoms with E-state index in [0.29, 0.717) is 0 Å². The van der Waals surface area contributed by atoms with E-state index in [0.717, 1.165) is 31.7 Å². The van der Waals surface area contributed by atoms with Crippen molar-refractivity contribution >= 4 is 0 Å². The number of aromatic nitrogens is 1. The minimum absolute atomic E-state index is 0.0533. The summed E-state index contributed by atoms with van der Waals surface area (Å²) in [5.74, 6) is 0. The molecule has 0 aliphatic heterocycles. The van der Waals surface area contributed by atoms with E-state index in [1.807, 2.05) is 12.3 Å². The van der Waals surface area contributed by atoms with E-state index in [-0.39, 0.29) is 5.56 Å². The first-order chi connectivity index (χ1) is 7.63. The molecule has 1 aromatic heterocycles. The van der Waals surface area contributed by atoms with Crippen molar-refractivity contribution in [3.63, 3.8) is 0 Å². The van der Waals surface area contributed by atoms with Crippen LogP contribution >= 0.6 is 0 Å². The van der Waals surface area contributed by atoms with Crippen LogP contribution in [0.1, 0.15) is 12.5 Å². The second-order valence-electron chi connectivity index (χ2n) is 4.08. The number of rotatable bonds is 6. The van der Waals surface area contributed by atoms with Crippen LogP contribution in [0.2, 0.25) is 0 Å². The molecular weight excluding hydrogens is 202 g/mol. The molecule has 1 N–H and O–H groups in total. The third kappa shape index (κ3) is 4.16. The van der Waals surface area contributed by atoms with Crippen LogP contribution in [0.5, 0.6) is 0 Å². The van der Waals surface area contributed by atoms with E-state index in [1.165, 1.54) is 0 Å². The van der Waals surface area contributed by atoms with Gasteiger partial charge < -0.3 is 14.8 Å². The van der Waals surface area contributed by atoms with Crippen LogP contribution < -0.4 is 10.9 Å². The van der Waals surface area contributed by atoms with Crippen molar-refractivity contribution in [2.24, 2.45) is 7.05 Å². The molecule has 0 spiro atoms. The van der Waals surface area contributed by atoms with Gasteiger partial charge in [-0.2, -0.15) is 0 Å². The summed E-state index contributed by atoms with van der Waals surface area (Å²) in [4.78, 5) is 13.6. The van der Waals surface area contributed by atoms with Gasteiger partial charge in [-0.05, 0) is 25.2 Å². The van der Waals surface area contributed by atoms with Gasteiger partial charge in [-0.15, -0.1) is 0 Å². The fraction of sp³-hybridized carbons (Fsp3) is 0.583. The molecule has 0 bridgehead atoms. The summed E-state index contributed by atoms with van der Waals surface area (Å²) in [5.41, 5.74) is 1.12. The zero-order chi connectivity index (χ0) is 12.0. The molecule has 0 unspecified atom stereocenters. The average molecular weight is 223 g/mol. The lowest BCUT2D eigenvalue weighted by molar-refractivity contribution is 0.325. The highest BCUT2D eigenvalue weighted by atomic mass is 16.1. The van der Waals surface area contributed by atoms with Crippen molar-refractivity contribution in [2.45, 2.75) is 13.5 Å². The SMILES string of the molecule is CCNCCN(C)Cc1ccn(C)c(=O)c1. The first kappa shape index (κ1) is 12.9. The van der Waals surface area contributed by atoms with Crippen LogP contribution in [-0.4, -0.2) is 36.1 Å². The van der Waals surface area contributed by atoms with Gasteiger partial charge in [0.25, 0.3) is 5.56 Å². The molecular formula is C12H21N3O. The Hall–Kier alpha value is -1.13. The molecule has 1 aromatic rings. The summed E-state index contributed by atoms with van der Waals surface area (Å²) in [6.45, 7) is 5.89. The van der Waals surface area contributed by atoms with Gasteiger partial charge in [-0.25, -0.2) is 0 Å². The van der Waals surface area contributed by atoms with Gasteiger partial charge in [0.1, 0.15) is 0 Å². The van der Waals surface area contributed by atoms with Gasteiger partial charge >= 0.3 is 0 Å². The smallest absolute Gasteiger partial charge is 0.250 e. The fourth-order valence-electron chi connectivity index (χ4n) is 1.53. The number of likely N-dealkylation sites (N-methyl/N-ethyl adjacent to an activating group) is 2. The molecule has 0 amide bonds. The predicted molar refractivity (Wildman–Crippen MR) is 66.6 cm³/mol. The second kappa shape index (κ2) is 6.45. The minimum Gasteiger partial charge on any atom is -0.319 e. The summed E-state index contributed by atoms with van der Waals surface area (Å²) in [6, 6.07) is 3.69. The van der Waals surface area contributed by atoms with Crippen LogP contribution in [0, 0.1) is 0 Å². The Morgan fingerprint density at radius 1 is 1.50 bits per heavy atom. The third-order valence-electron chi connectivity index (χ3n) is 2.54. The normalized spacial score (nSPS) is 11.0. The zero-order valence-electron chi connectivity index (χ0n) is 10.4. The maximum absolute atomic E-state index is 11.4. The topological polar surface area (TPSA) is 37.3 Å². The molecule has 0 aromatic carbocycles. The van der Waals surface area contributed by atoms with Gasteiger partial charge in [-0.1, -0.05) is 6.92 Å².